The van der Waals surface area contributed by atoms with Gasteiger partial charge in [0, 0.05) is 37.8 Å². The summed E-state index contributed by atoms with van der Waals surface area (Å²) in [6.45, 7) is 1.57. The van der Waals surface area contributed by atoms with Crippen LogP contribution in [0, 0.1) is 17.0 Å². The number of hydrogen-bond donors (Lipinski definition) is 0. The van der Waals surface area contributed by atoms with E-state index in [9.17, 15) is 18.5 Å². The van der Waals surface area contributed by atoms with Crippen molar-refractivity contribution in [2.24, 2.45) is 5.10 Å². The molecule has 3 aromatic heterocycles. The molecule has 0 N–H and O–H groups in total. The smallest absolute Gasteiger partial charge is 0.279 e. The van der Waals surface area contributed by atoms with Crippen LogP contribution in [0.25, 0.3) is 16.8 Å². The minimum atomic E-state index is -4.09. The number of rotatable bonds is 6. The van der Waals surface area contributed by atoms with E-state index < -0.39 is 14.9 Å². The second kappa shape index (κ2) is 8.19. The SMILES string of the molecule is Cc1ccc([N+](=O)[O-])cc1S(=O)(=O)N(C)/N=C/c1cnc2ccc(-c3ccncc3)cn12. The Bertz CT molecular complexity index is 1450. The van der Waals surface area contributed by atoms with Crippen LogP contribution in [-0.2, 0) is 10.0 Å². The molecule has 0 atom stereocenters. The Morgan fingerprint density at radius 1 is 1.12 bits per heavy atom. The Labute approximate surface area is 183 Å². The first-order valence-corrected chi connectivity index (χ1v) is 10.9. The summed E-state index contributed by atoms with van der Waals surface area (Å²) in [7, 11) is -2.82. The molecule has 0 saturated heterocycles. The molecule has 32 heavy (non-hydrogen) atoms. The van der Waals surface area contributed by atoms with Gasteiger partial charge in [0.05, 0.1) is 27.9 Å². The lowest BCUT2D eigenvalue weighted by atomic mass is 10.1. The first-order chi connectivity index (χ1) is 15.3. The molecule has 1 aromatic carbocycles. The van der Waals surface area contributed by atoms with Crippen molar-refractivity contribution in [2.75, 3.05) is 7.05 Å². The summed E-state index contributed by atoms with van der Waals surface area (Å²) in [6, 6.07) is 11.2. The third-order valence-corrected chi connectivity index (χ3v) is 6.69. The number of aromatic nitrogens is 3. The molecule has 0 aliphatic rings. The van der Waals surface area contributed by atoms with Crippen LogP contribution in [-0.4, -0.2) is 45.4 Å². The maximum atomic E-state index is 13.0. The first-order valence-electron chi connectivity index (χ1n) is 9.43. The summed E-state index contributed by atoms with van der Waals surface area (Å²) in [4.78, 5) is 18.6. The number of benzene rings is 1. The molecule has 0 aliphatic carbocycles. The zero-order chi connectivity index (χ0) is 22.9. The number of non-ortho nitro benzene ring substituents is 1. The van der Waals surface area contributed by atoms with Crippen LogP contribution in [0.2, 0.25) is 0 Å². The fourth-order valence-electron chi connectivity index (χ4n) is 3.14. The van der Waals surface area contributed by atoms with Gasteiger partial charge in [-0.2, -0.15) is 17.9 Å². The minimum Gasteiger partial charge on any atom is -0.298 e. The lowest BCUT2D eigenvalue weighted by Gasteiger charge is -2.15. The van der Waals surface area contributed by atoms with Gasteiger partial charge in [0.25, 0.3) is 15.7 Å². The van der Waals surface area contributed by atoms with Crippen molar-refractivity contribution in [3.8, 4) is 11.1 Å². The number of nitrogens with zero attached hydrogens (tertiary/aromatic N) is 6. The van der Waals surface area contributed by atoms with Crippen LogP contribution in [0.3, 0.4) is 0 Å². The summed E-state index contributed by atoms with van der Waals surface area (Å²) < 4.78 is 28.5. The second-order valence-electron chi connectivity index (χ2n) is 6.96. The number of aryl methyl sites for hydroxylation is 1. The molecule has 162 valence electrons. The summed E-state index contributed by atoms with van der Waals surface area (Å²) in [6.07, 6.45) is 8.23. The predicted molar refractivity (Wildman–Crippen MR) is 119 cm³/mol. The average Bonchev–Trinajstić information content (AvgIpc) is 3.20. The predicted octanol–water partition coefficient (Wildman–Crippen LogP) is 3.27. The van der Waals surface area contributed by atoms with Crippen molar-refractivity contribution in [1.29, 1.82) is 0 Å². The molecule has 11 heteroatoms. The maximum Gasteiger partial charge on any atom is 0.279 e. The van der Waals surface area contributed by atoms with E-state index in [1.54, 1.807) is 29.9 Å². The number of imidazole rings is 1. The molecular formula is C21H18N6O4S. The lowest BCUT2D eigenvalue weighted by Crippen LogP contribution is -2.23. The van der Waals surface area contributed by atoms with Gasteiger partial charge in [-0.15, -0.1) is 0 Å². The average molecular weight is 450 g/mol. The highest BCUT2D eigenvalue weighted by Crippen LogP contribution is 2.24. The van der Waals surface area contributed by atoms with E-state index in [4.69, 9.17) is 0 Å². The highest BCUT2D eigenvalue weighted by Gasteiger charge is 2.24. The van der Waals surface area contributed by atoms with Crippen molar-refractivity contribution in [3.63, 3.8) is 0 Å². The third kappa shape index (κ3) is 3.93. The van der Waals surface area contributed by atoms with Gasteiger partial charge < -0.3 is 0 Å². The van der Waals surface area contributed by atoms with Crippen molar-refractivity contribution < 1.29 is 13.3 Å². The number of hydrogen-bond acceptors (Lipinski definition) is 7. The van der Waals surface area contributed by atoms with Crippen LogP contribution < -0.4 is 0 Å². The quantitative estimate of drug-likeness (QED) is 0.252. The van der Waals surface area contributed by atoms with Gasteiger partial charge in [-0.05, 0) is 47.9 Å². The van der Waals surface area contributed by atoms with Crippen LogP contribution in [0.15, 0.2) is 77.2 Å². The van der Waals surface area contributed by atoms with Gasteiger partial charge in [0.15, 0.2) is 0 Å². The highest BCUT2D eigenvalue weighted by atomic mass is 32.2. The largest absolute Gasteiger partial charge is 0.298 e. The fourth-order valence-corrected chi connectivity index (χ4v) is 4.34. The van der Waals surface area contributed by atoms with E-state index >= 15 is 0 Å². The zero-order valence-corrected chi connectivity index (χ0v) is 18.0. The minimum absolute atomic E-state index is 0.176. The molecule has 0 fully saturated rings. The molecule has 0 radical (unpaired) electrons. The number of nitro benzene ring substituents is 1. The van der Waals surface area contributed by atoms with E-state index in [1.807, 2.05) is 30.5 Å². The zero-order valence-electron chi connectivity index (χ0n) is 17.2. The van der Waals surface area contributed by atoms with Crippen molar-refractivity contribution in [2.45, 2.75) is 11.8 Å². The van der Waals surface area contributed by atoms with E-state index in [2.05, 4.69) is 15.1 Å². The molecule has 0 aliphatic heterocycles. The van der Waals surface area contributed by atoms with Gasteiger partial charge in [-0.3, -0.25) is 19.5 Å². The van der Waals surface area contributed by atoms with Gasteiger partial charge in [0.1, 0.15) is 5.65 Å². The van der Waals surface area contributed by atoms with Gasteiger partial charge >= 0.3 is 0 Å². The molecule has 0 saturated carbocycles. The third-order valence-electron chi connectivity index (χ3n) is 4.91. The number of hydrazone groups is 1. The number of pyridine rings is 2. The molecule has 0 amide bonds. The van der Waals surface area contributed by atoms with E-state index in [-0.39, 0.29) is 10.6 Å². The Kier molecular flexibility index (Phi) is 5.41. The number of fused-ring (bicyclic) bond motifs is 1. The Balaban J connectivity index is 1.67. The summed E-state index contributed by atoms with van der Waals surface area (Å²) >= 11 is 0. The Morgan fingerprint density at radius 2 is 1.88 bits per heavy atom. The van der Waals surface area contributed by atoms with Gasteiger partial charge in [-0.25, -0.2) is 4.98 Å². The summed E-state index contributed by atoms with van der Waals surface area (Å²) in [5.41, 5.74) is 3.21. The van der Waals surface area contributed by atoms with Crippen LogP contribution in [0.5, 0.6) is 0 Å². The Morgan fingerprint density at radius 3 is 2.59 bits per heavy atom. The molecule has 0 spiro atoms. The molecule has 0 bridgehead atoms. The molecule has 3 heterocycles. The topological polar surface area (TPSA) is 123 Å². The maximum absolute atomic E-state index is 13.0. The summed E-state index contributed by atoms with van der Waals surface area (Å²) in [5, 5.41) is 15.1. The van der Waals surface area contributed by atoms with Crippen molar-refractivity contribution in [3.05, 3.63) is 88.6 Å². The number of nitro groups is 1. The highest BCUT2D eigenvalue weighted by molar-refractivity contribution is 7.89. The Hall–Kier alpha value is -4.12. The normalized spacial score (nSPS) is 11.8. The van der Waals surface area contributed by atoms with Crippen LogP contribution >= 0.6 is 0 Å². The van der Waals surface area contributed by atoms with Crippen molar-refractivity contribution >= 4 is 27.6 Å². The standard InChI is InChI=1S/C21H18N6O4S/c1-15-3-5-18(27(28)29)11-20(15)32(30,31)25(2)24-13-19-12-23-21-6-4-17(14-26(19)21)16-7-9-22-10-8-16/h3-14H,1-2H3/b24-13+. The van der Waals surface area contributed by atoms with Crippen molar-refractivity contribution in [1.82, 2.24) is 18.8 Å². The van der Waals surface area contributed by atoms with Gasteiger partial charge in [0.2, 0.25) is 0 Å². The van der Waals surface area contributed by atoms with E-state index in [0.29, 0.717) is 16.9 Å². The molecule has 4 rings (SSSR count). The molecule has 0 unspecified atom stereocenters. The van der Waals surface area contributed by atoms with Gasteiger partial charge in [-0.1, -0.05) is 6.07 Å². The molecule has 4 aromatic rings. The molecule has 10 nitrogen and oxygen atoms in total. The van der Waals surface area contributed by atoms with Crippen LogP contribution in [0.1, 0.15) is 11.3 Å². The number of sulfonamides is 1. The fraction of sp³-hybridized carbons (Fsp3) is 0.0952. The first kappa shape index (κ1) is 21.1. The van der Waals surface area contributed by atoms with E-state index in [0.717, 1.165) is 21.6 Å². The van der Waals surface area contributed by atoms with E-state index in [1.165, 1.54) is 25.4 Å². The lowest BCUT2D eigenvalue weighted by molar-refractivity contribution is -0.385. The van der Waals surface area contributed by atoms with Crippen LogP contribution in [0.4, 0.5) is 5.69 Å². The monoisotopic (exact) mass is 450 g/mol. The summed E-state index contributed by atoms with van der Waals surface area (Å²) in [5.74, 6) is 0. The molecular weight excluding hydrogens is 432 g/mol. The second-order valence-corrected chi connectivity index (χ2v) is 8.87.